The Morgan fingerprint density at radius 1 is 0.880 bits per heavy atom. The van der Waals surface area contributed by atoms with Crippen LogP contribution >= 0.6 is 17.1 Å². The SMILES string of the molecule is CCC(CC)OP(=S)(OC(C)C)SCc1c(F)c(F)c(F)c(F)c1F. The Labute approximate surface area is 153 Å². The van der Waals surface area contributed by atoms with Crippen LogP contribution in [0.3, 0.4) is 0 Å². The van der Waals surface area contributed by atoms with Crippen molar-refractivity contribution >= 4 is 28.9 Å². The van der Waals surface area contributed by atoms with Crippen molar-refractivity contribution in [3.63, 3.8) is 0 Å². The largest absolute Gasteiger partial charge is 0.319 e. The molecule has 0 spiro atoms. The van der Waals surface area contributed by atoms with Gasteiger partial charge in [0, 0.05) is 11.3 Å². The van der Waals surface area contributed by atoms with Gasteiger partial charge in [0.05, 0.1) is 12.2 Å². The van der Waals surface area contributed by atoms with E-state index in [9.17, 15) is 22.0 Å². The third kappa shape index (κ3) is 5.89. The van der Waals surface area contributed by atoms with Gasteiger partial charge in [-0.1, -0.05) is 25.2 Å². The minimum atomic E-state index is -3.03. The van der Waals surface area contributed by atoms with Crippen molar-refractivity contribution in [2.75, 3.05) is 0 Å². The van der Waals surface area contributed by atoms with Crippen LogP contribution in [0.5, 0.6) is 0 Å². The van der Waals surface area contributed by atoms with E-state index in [0.29, 0.717) is 12.8 Å². The number of rotatable bonds is 9. The van der Waals surface area contributed by atoms with Gasteiger partial charge in [0.15, 0.2) is 23.3 Å². The summed E-state index contributed by atoms with van der Waals surface area (Å²) in [7, 11) is 0. The second-order valence-electron chi connectivity index (χ2n) is 5.47. The molecule has 0 aliphatic carbocycles. The molecule has 1 aromatic rings. The van der Waals surface area contributed by atoms with Gasteiger partial charge in [0.2, 0.25) is 11.5 Å². The molecule has 0 aromatic heterocycles. The van der Waals surface area contributed by atoms with Crippen LogP contribution in [0, 0.1) is 29.1 Å². The van der Waals surface area contributed by atoms with Crippen LogP contribution < -0.4 is 0 Å². The first-order valence-corrected chi connectivity index (χ1v) is 11.9. The molecule has 0 saturated carbocycles. The molecular formula is C15H20F5O2PS2. The van der Waals surface area contributed by atoms with Gasteiger partial charge in [-0.15, -0.1) is 0 Å². The van der Waals surface area contributed by atoms with E-state index in [-0.39, 0.29) is 12.2 Å². The Kier molecular flexibility index (Phi) is 8.81. The first kappa shape index (κ1) is 22.8. The highest BCUT2D eigenvalue weighted by Gasteiger charge is 2.30. The molecule has 0 bridgehead atoms. The fraction of sp³-hybridized carbons (Fsp3) is 0.600. The molecule has 0 fully saturated rings. The average Bonchev–Trinajstić information content (AvgIpc) is 2.55. The molecular weight excluding hydrogens is 402 g/mol. The lowest BCUT2D eigenvalue weighted by Crippen LogP contribution is -2.11. The van der Waals surface area contributed by atoms with Gasteiger partial charge in [0.1, 0.15) is 0 Å². The van der Waals surface area contributed by atoms with Crippen LogP contribution in [0.15, 0.2) is 0 Å². The molecule has 0 amide bonds. The Balaban J connectivity index is 3.11. The molecule has 0 heterocycles. The molecule has 0 saturated heterocycles. The molecule has 1 rings (SSSR count). The van der Waals surface area contributed by atoms with Gasteiger partial charge in [-0.05, 0) is 38.5 Å². The molecule has 1 unspecified atom stereocenters. The van der Waals surface area contributed by atoms with Crippen molar-refractivity contribution in [1.82, 2.24) is 0 Å². The van der Waals surface area contributed by atoms with Gasteiger partial charge in [-0.2, -0.15) is 0 Å². The van der Waals surface area contributed by atoms with Gasteiger partial charge < -0.3 is 9.05 Å². The smallest absolute Gasteiger partial charge is 0.248 e. The van der Waals surface area contributed by atoms with E-state index >= 15 is 0 Å². The maximum atomic E-state index is 13.8. The van der Waals surface area contributed by atoms with Crippen LogP contribution in [0.2, 0.25) is 0 Å². The number of hydrogen-bond donors (Lipinski definition) is 0. The second-order valence-corrected chi connectivity index (χ2v) is 11.7. The normalized spacial score (nSPS) is 14.4. The zero-order valence-electron chi connectivity index (χ0n) is 14.2. The van der Waals surface area contributed by atoms with E-state index in [2.05, 4.69) is 0 Å². The van der Waals surface area contributed by atoms with Crippen LogP contribution in [0.4, 0.5) is 22.0 Å². The summed E-state index contributed by atoms with van der Waals surface area (Å²) >= 11 is 6.15. The first-order chi connectivity index (χ1) is 11.6. The van der Waals surface area contributed by atoms with Crippen LogP contribution in [-0.2, 0) is 26.6 Å². The summed E-state index contributed by atoms with van der Waals surface area (Å²) in [5, 5.41) is 0. The summed E-state index contributed by atoms with van der Waals surface area (Å²) in [5.74, 6) is -10.4. The zero-order valence-corrected chi connectivity index (χ0v) is 16.8. The van der Waals surface area contributed by atoms with E-state index in [1.54, 1.807) is 13.8 Å². The van der Waals surface area contributed by atoms with Crippen molar-refractivity contribution in [1.29, 1.82) is 0 Å². The minimum absolute atomic E-state index is 0.214. The summed E-state index contributed by atoms with van der Waals surface area (Å²) in [6.07, 6.45) is 0.774. The molecule has 1 atom stereocenters. The first-order valence-electron chi connectivity index (χ1n) is 7.67. The van der Waals surface area contributed by atoms with Crippen molar-refractivity contribution in [2.45, 2.75) is 58.5 Å². The molecule has 1 aromatic carbocycles. The molecule has 0 N–H and O–H groups in total. The predicted octanol–water partition coefficient (Wildman–Crippen LogP) is 6.47. The van der Waals surface area contributed by atoms with Gasteiger partial charge in [-0.25, -0.2) is 22.0 Å². The molecule has 2 nitrogen and oxygen atoms in total. The summed E-state index contributed by atoms with van der Waals surface area (Å²) in [4.78, 5) is 0. The molecule has 10 heteroatoms. The van der Waals surface area contributed by atoms with Crippen LogP contribution in [-0.4, -0.2) is 12.2 Å². The third-order valence-corrected chi connectivity index (χ3v) is 8.48. The second kappa shape index (κ2) is 9.65. The van der Waals surface area contributed by atoms with Crippen molar-refractivity contribution in [3.05, 3.63) is 34.6 Å². The standard InChI is InChI=1S/C15H20F5O2PS2/c1-5-9(6-2)22-23(24,21-8(3)4)25-7-10-11(16)13(18)15(20)14(19)12(10)17/h8-9H,5-7H2,1-4H3. The number of benzene rings is 1. The molecule has 144 valence electrons. The highest BCUT2D eigenvalue weighted by Crippen LogP contribution is 2.64. The lowest BCUT2D eigenvalue weighted by Gasteiger charge is -2.27. The van der Waals surface area contributed by atoms with E-state index in [1.807, 2.05) is 13.8 Å². The maximum absolute atomic E-state index is 13.8. The molecule has 0 aliphatic rings. The van der Waals surface area contributed by atoms with Crippen molar-refractivity contribution in [3.8, 4) is 0 Å². The lowest BCUT2D eigenvalue weighted by atomic mass is 10.2. The molecule has 25 heavy (non-hydrogen) atoms. The summed E-state index contributed by atoms with van der Waals surface area (Å²) < 4.78 is 78.7. The molecule has 0 aliphatic heterocycles. The van der Waals surface area contributed by atoms with Gasteiger partial charge in [0.25, 0.3) is 0 Å². The quantitative estimate of drug-likeness (QED) is 0.196. The maximum Gasteiger partial charge on any atom is 0.248 e. The Morgan fingerprint density at radius 3 is 1.72 bits per heavy atom. The monoisotopic (exact) mass is 422 g/mol. The van der Waals surface area contributed by atoms with E-state index in [4.69, 9.17) is 20.9 Å². The highest BCUT2D eigenvalue weighted by atomic mass is 32.9. The fourth-order valence-electron chi connectivity index (χ4n) is 1.88. The predicted molar refractivity (Wildman–Crippen MR) is 93.5 cm³/mol. The van der Waals surface area contributed by atoms with Crippen LogP contribution in [0.1, 0.15) is 46.1 Å². The van der Waals surface area contributed by atoms with E-state index < -0.39 is 46.1 Å². The Morgan fingerprint density at radius 2 is 1.32 bits per heavy atom. The lowest BCUT2D eigenvalue weighted by molar-refractivity contribution is 0.159. The van der Waals surface area contributed by atoms with Gasteiger partial charge >= 0.3 is 0 Å². The number of halogens is 5. The van der Waals surface area contributed by atoms with Crippen LogP contribution in [0.25, 0.3) is 0 Å². The minimum Gasteiger partial charge on any atom is -0.319 e. The topological polar surface area (TPSA) is 18.5 Å². The summed E-state index contributed by atoms with van der Waals surface area (Å²) in [6, 6.07) is 0. The Bertz CT molecular complexity index is 624. The number of hydrogen-bond acceptors (Lipinski definition) is 4. The fourth-order valence-corrected chi connectivity index (χ4v) is 7.24. The van der Waals surface area contributed by atoms with E-state index in [1.165, 1.54) is 0 Å². The molecule has 0 radical (unpaired) electrons. The van der Waals surface area contributed by atoms with E-state index in [0.717, 1.165) is 11.4 Å². The van der Waals surface area contributed by atoms with Crippen molar-refractivity contribution < 1.29 is 31.0 Å². The van der Waals surface area contributed by atoms with Gasteiger partial charge in [-0.3, -0.25) is 0 Å². The summed E-state index contributed by atoms with van der Waals surface area (Å²) in [5.41, 5.74) is -3.97. The Hall–Kier alpha value is -0.210. The summed E-state index contributed by atoms with van der Waals surface area (Å²) in [6.45, 7) is 7.21. The third-order valence-electron chi connectivity index (χ3n) is 3.20. The highest BCUT2D eigenvalue weighted by molar-refractivity contribution is 8.67. The van der Waals surface area contributed by atoms with Crippen molar-refractivity contribution in [2.24, 2.45) is 0 Å². The zero-order chi connectivity index (χ0) is 19.4. The average molecular weight is 422 g/mol.